The molecule has 0 saturated carbocycles. The van der Waals surface area contributed by atoms with Gasteiger partial charge in [0.25, 0.3) is 0 Å². The van der Waals surface area contributed by atoms with E-state index >= 15 is 0 Å². The molecule has 0 aromatic carbocycles. The molecule has 6 nitrogen and oxygen atoms in total. The van der Waals surface area contributed by atoms with E-state index in [0.29, 0.717) is 12.8 Å². The lowest BCUT2D eigenvalue weighted by molar-refractivity contribution is -0.167. The monoisotopic (exact) mass is 1100 g/mol. The van der Waals surface area contributed by atoms with Crippen LogP contribution >= 0.6 is 0 Å². The molecule has 1 atom stereocenters. The van der Waals surface area contributed by atoms with Crippen LogP contribution in [0.1, 0.15) is 316 Å². The summed E-state index contributed by atoms with van der Waals surface area (Å²) in [5.74, 6) is -0.956. The number of unbranched alkanes of at least 4 members (excludes halogenated alkanes) is 31. The van der Waals surface area contributed by atoms with E-state index in [1.807, 2.05) is 0 Å². The summed E-state index contributed by atoms with van der Waals surface area (Å²) in [7, 11) is 0. The fraction of sp³-hybridized carbons (Fsp3) is 0.712. The number of carbonyl (C=O) groups excluding carboxylic acids is 3. The van der Waals surface area contributed by atoms with Crippen molar-refractivity contribution in [2.45, 2.75) is 322 Å². The predicted molar refractivity (Wildman–Crippen MR) is 343 cm³/mol. The zero-order valence-electron chi connectivity index (χ0n) is 51.9. The molecule has 6 heteroatoms. The van der Waals surface area contributed by atoms with E-state index in [2.05, 4.69) is 130 Å². The smallest absolute Gasteiger partial charge is 0.306 e. The lowest BCUT2D eigenvalue weighted by Gasteiger charge is -2.18. The summed E-state index contributed by atoms with van der Waals surface area (Å²) in [4.78, 5) is 38.3. The Kier molecular flexibility index (Phi) is 63.3. The molecular weight excluding hydrogens is 973 g/mol. The lowest BCUT2D eigenvalue weighted by Crippen LogP contribution is -2.30. The summed E-state index contributed by atoms with van der Waals surface area (Å²) in [5, 5.41) is 0. The van der Waals surface area contributed by atoms with Crippen LogP contribution in [0.15, 0.2) is 109 Å². The van der Waals surface area contributed by atoms with E-state index in [9.17, 15) is 14.4 Å². The van der Waals surface area contributed by atoms with Crippen molar-refractivity contribution in [3.05, 3.63) is 109 Å². The molecule has 0 saturated heterocycles. The average molecular weight is 1100 g/mol. The minimum atomic E-state index is -0.810. The van der Waals surface area contributed by atoms with Gasteiger partial charge in [0.05, 0.1) is 0 Å². The minimum Gasteiger partial charge on any atom is -0.462 e. The summed E-state index contributed by atoms with van der Waals surface area (Å²) in [6.07, 6.45) is 91.2. The highest BCUT2D eigenvalue weighted by Crippen LogP contribution is 2.17. The van der Waals surface area contributed by atoms with Gasteiger partial charge in [-0.3, -0.25) is 14.4 Å². The molecule has 452 valence electrons. The van der Waals surface area contributed by atoms with E-state index in [0.717, 1.165) is 122 Å². The van der Waals surface area contributed by atoms with Crippen molar-refractivity contribution in [2.75, 3.05) is 13.2 Å². The molecule has 0 amide bonds. The molecule has 0 spiro atoms. The number of ether oxygens (including phenoxy) is 3. The lowest BCUT2D eigenvalue weighted by atomic mass is 10.0. The zero-order valence-corrected chi connectivity index (χ0v) is 51.9. The maximum absolute atomic E-state index is 12.9. The number of esters is 3. The summed E-state index contributed by atoms with van der Waals surface area (Å²) < 4.78 is 16.9. The summed E-state index contributed by atoms with van der Waals surface area (Å²) >= 11 is 0. The quantitative estimate of drug-likeness (QED) is 0.0261. The van der Waals surface area contributed by atoms with E-state index < -0.39 is 6.10 Å². The van der Waals surface area contributed by atoms with Crippen molar-refractivity contribution < 1.29 is 28.6 Å². The van der Waals surface area contributed by atoms with E-state index in [4.69, 9.17) is 14.2 Å². The van der Waals surface area contributed by atoms with Crippen LogP contribution in [0.4, 0.5) is 0 Å². The topological polar surface area (TPSA) is 78.9 Å². The van der Waals surface area contributed by atoms with Crippen molar-refractivity contribution in [1.82, 2.24) is 0 Å². The highest BCUT2D eigenvalue weighted by Gasteiger charge is 2.19. The molecule has 0 aliphatic heterocycles. The Balaban J connectivity index is 4.29. The van der Waals surface area contributed by atoms with Crippen LogP contribution in [-0.4, -0.2) is 37.2 Å². The van der Waals surface area contributed by atoms with Crippen molar-refractivity contribution in [3.8, 4) is 0 Å². The molecule has 0 bridgehead atoms. The highest BCUT2D eigenvalue weighted by atomic mass is 16.6. The normalized spacial score (nSPS) is 12.8. The molecule has 0 aromatic heterocycles. The Morgan fingerprint density at radius 2 is 0.494 bits per heavy atom. The molecule has 0 aromatic rings. The van der Waals surface area contributed by atoms with Gasteiger partial charge in [-0.05, 0) is 122 Å². The van der Waals surface area contributed by atoms with Gasteiger partial charge in [-0.25, -0.2) is 0 Å². The maximum Gasteiger partial charge on any atom is 0.306 e. The Morgan fingerprint density at radius 3 is 0.797 bits per heavy atom. The maximum atomic E-state index is 12.9. The molecule has 0 radical (unpaired) electrons. The second kappa shape index (κ2) is 66.6. The average Bonchev–Trinajstić information content (AvgIpc) is 3.45. The van der Waals surface area contributed by atoms with Crippen LogP contribution in [-0.2, 0) is 28.6 Å². The Morgan fingerprint density at radius 1 is 0.266 bits per heavy atom. The summed E-state index contributed by atoms with van der Waals surface area (Å²) in [6.45, 7) is 6.38. The van der Waals surface area contributed by atoms with E-state index in [1.54, 1.807) is 0 Å². The molecule has 0 aliphatic carbocycles. The number of hydrogen-bond donors (Lipinski definition) is 0. The molecule has 0 N–H and O–H groups in total. The van der Waals surface area contributed by atoms with Gasteiger partial charge >= 0.3 is 17.9 Å². The fourth-order valence-corrected chi connectivity index (χ4v) is 9.30. The van der Waals surface area contributed by atoms with Gasteiger partial charge in [0.15, 0.2) is 6.10 Å². The van der Waals surface area contributed by atoms with Crippen LogP contribution in [0.5, 0.6) is 0 Å². The summed E-state index contributed by atoms with van der Waals surface area (Å²) in [6, 6.07) is 0. The zero-order chi connectivity index (χ0) is 57.1. The van der Waals surface area contributed by atoms with Gasteiger partial charge < -0.3 is 14.2 Å². The fourth-order valence-electron chi connectivity index (χ4n) is 9.30. The Hall–Kier alpha value is -3.93. The second-order valence-corrected chi connectivity index (χ2v) is 22.0. The molecule has 0 fully saturated rings. The standard InChI is InChI=1S/C73H124O6/c1-4-7-10-13-16-19-22-25-27-29-31-32-33-34-35-36-37-38-39-40-42-43-45-48-51-54-57-60-63-66-72(75)78-69-70(68-77-71(74)65-62-59-56-53-50-47-24-21-18-15-12-9-6-3)79-73(76)67-64-61-58-55-52-49-46-44-41-30-28-26-23-20-17-14-11-8-5-2/h8-9,11-12,17-18,20-21,26,28-29,31,41,44,47,49-50,52,70H,4-7,10,13-16,19,22-25,27,30,32-40,42-43,45-46,48,51,53-69H2,1-3H3/b11-8-,12-9-,20-17-,21-18-,28-26-,31-29-,44-41-,50-47-,52-49-. The third-order valence-corrected chi connectivity index (χ3v) is 14.2. The van der Waals surface area contributed by atoms with Crippen molar-refractivity contribution in [3.63, 3.8) is 0 Å². The minimum absolute atomic E-state index is 0.101. The highest BCUT2D eigenvalue weighted by molar-refractivity contribution is 5.71. The van der Waals surface area contributed by atoms with Crippen LogP contribution in [0.3, 0.4) is 0 Å². The largest absolute Gasteiger partial charge is 0.462 e. The molecule has 0 heterocycles. The van der Waals surface area contributed by atoms with Crippen molar-refractivity contribution in [2.24, 2.45) is 0 Å². The first-order valence-corrected chi connectivity index (χ1v) is 33.4. The molecular formula is C73H124O6. The van der Waals surface area contributed by atoms with Crippen LogP contribution < -0.4 is 0 Å². The molecule has 1 unspecified atom stereocenters. The van der Waals surface area contributed by atoms with Gasteiger partial charge in [-0.2, -0.15) is 0 Å². The molecule has 0 aliphatic rings. The predicted octanol–water partition coefficient (Wildman–Crippen LogP) is 23.0. The SMILES string of the molecule is CC/C=C\C/C=C\C/C=C\C/C=C\C/C=C\CCCCCC(=O)OC(COC(=O)CCCCC/C=C\C/C=C\C/C=C\CC)COC(=O)CCCCCCCCCCCCCCCCCCC/C=C\CCCCCCCCCC. The van der Waals surface area contributed by atoms with Crippen molar-refractivity contribution in [1.29, 1.82) is 0 Å². The van der Waals surface area contributed by atoms with E-state index in [1.165, 1.54) is 154 Å². The van der Waals surface area contributed by atoms with Crippen molar-refractivity contribution >= 4 is 17.9 Å². The van der Waals surface area contributed by atoms with Crippen LogP contribution in [0.2, 0.25) is 0 Å². The number of carbonyl (C=O) groups is 3. The van der Waals surface area contributed by atoms with Crippen LogP contribution in [0.25, 0.3) is 0 Å². The summed E-state index contributed by atoms with van der Waals surface area (Å²) in [5.41, 5.74) is 0. The Labute approximate surface area is 489 Å². The van der Waals surface area contributed by atoms with Gasteiger partial charge in [0.1, 0.15) is 13.2 Å². The van der Waals surface area contributed by atoms with Gasteiger partial charge in [-0.1, -0.05) is 284 Å². The third-order valence-electron chi connectivity index (χ3n) is 14.2. The van der Waals surface area contributed by atoms with Gasteiger partial charge in [0, 0.05) is 19.3 Å². The third kappa shape index (κ3) is 64.8. The molecule has 0 rings (SSSR count). The number of rotatable bonds is 60. The number of hydrogen-bond acceptors (Lipinski definition) is 6. The van der Waals surface area contributed by atoms with Gasteiger partial charge in [-0.15, -0.1) is 0 Å². The van der Waals surface area contributed by atoms with E-state index in [-0.39, 0.29) is 37.5 Å². The first-order valence-electron chi connectivity index (χ1n) is 33.4. The number of allylic oxidation sites excluding steroid dienone is 18. The second-order valence-electron chi connectivity index (χ2n) is 22.0. The molecule has 79 heavy (non-hydrogen) atoms. The first-order chi connectivity index (χ1) is 39.0. The van der Waals surface area contributed by atoms with Crippen LogP contribution in [0, 0.1) is 0 Å². The first kappa shape index (κ1) is 75.1. The van der Waals surface area contributed by atoms with Gasteiger partial charge in [0.2, 0.25) is 0 Å². The Bertz CT molecular complexity index is 1590.